The van der Waals surface area contributed by atoms with Crippen molar-refractivity contribution in [2.45, 2.75) is 26.3 Å². The van der Waals surface area contributed by atoms with Gasteiger partial charge in [-0.3, -0.25) is 0 Å². The number of halogens is 2. The van der Waals surface area contributed by atoms with Crippen LogP contribution in [0.25, 0.3) is 11.0 Å². The van der Waals surface area contributed by atoms with E-state index in [0.29, 0.717) is 9.24 Å². The summed E-state index contributed by atoms with van der Waals surface area (Å²) in [6.07, 6.45) is 2.13. The summed E-state index contributed by atoms with van der Waals surface area (Å²) in [5.41, 5.74) is 1.70. The number of rotatable bonds is 3. The Kier molecular flexibility index (Phi) is 3.44. The molecule has 5 heteroatoms. The SMILES string of the molecule is CCCCn1c(=S)[nH]c2cc(Br)c(F)cc21. The number of aromatic nitrogens is 2. The Morgan fingerprint density at radius 2 is 2.25 bits per heavy atom. The average Bonchev–Trinajstić information content (AvgIpc) is 2.52. The van der Waals surface area contributed by atoms with Gasteiger partial charge in [-0.15, -0.1) is 0 Å². The largest absolute Gasteiger partial charge is 0.331 e. The van der Waals surface area contributed by atoms with E-state index >= 15 is 0 Å². The van der Waals surface area contributed by atoms with Gasteiger partial charge in [0.25, 0.3) is 0 Å². The van der Waals surface area contributed by atoms with Crippen molar-refractivity contribution in [2.75, 3.05) is 0 Å². The van der Waals surface area contributed by atoms with Gasteiger partial charge in [0.05, 0.1) is 15.5 Å². The van der Waals surface area contributed by atoms with Crippen LogP contribution in [0.3, 0.4) is 0 Å². The Bertz CT molecular complexity index is 573. The number of nitrogens with zero attached hydrogens (tertiary/aromatic N) is 1. The van der Waals surface area contributed by atoms with E-state index in [1.807, 2.05) is 4.57 Å². The maximum atomic E-state index is 13.5. The molecule has 1 aromatic carbocycles. The van der Waals surface area contributed by atoms with Crippen molar-refractivity contribution < 1.29 is 4.39 Å². The predicted octanol–water partition coefficient (Wildman–Crippen LogP) is 4.40. The number of benzene rings is 1. The lowest BCUT2D eigenvalue weighted by atomic mass is 10.3. The van der Waals surface area contributed by atoms with Crippen molar-refractivity contribution in [3.63, 3.8) is 0 Å². The zero-order chi connectivity index (χ0) is 11.7. The summed E-state index contributed by atoms with van der Waals surface area (Å²) in [5, 5.41) is 0. The quantitative estimate of drug-likeness (QED) is 0.833. The Balaban J connectivity index is 2.60. The number of nitrogens with one attached hydrogen (secondary N) is 1. The molecule has 2 rings (SSSR count). The maximum Gasteiger partial charge on any atom is 0.178 e. The summed E-state index contributed by atoms with van der Waals surface area (Å²) < 4.78 is 16.5. The normalized spacial score (nSPS) is 11.2. The molecule has 0 bridgehead atoms. The number of hydrogen-bond acceptors (Lipinski definition) is 1. The van der Waals surface area contributed by atoms with E-state index in [0.717, 1.165) is 30.4 Å². The lowest BCUT2D eigenvalue weighted by molar-refractivity contribution is 0.616. The first kappa shape index (κ1) is 11.8. The lowest BCUT2D eigenvalue weighted by Crippen LogP contribution is -1.97. The molecule has 0 aliphatic carbocycles. The number of imidazole rings is 1. The number of unbranched alkanes of at least 4 members (excludes halogenated alkanes) is 1. The zero-order valence-corrected chi connectivity index (χ0v) is 11.3. The van der Waals surface area contributed by atoms with E-state index in [2.05, 4.69) is 27.8 Å². The van der Waals surface area contributed by atoms with Gasteiger partial charge in [0.2, 0.25) is 0 Å². The summed E-state index contributed by atoms with van der Waals surface area (Å²) in [6, 6.07) is 3.24. The molecule has 0 aliphatic heterocycles. The van der Waals surface area contributed by atoms with Crippen LogP contribution in [0.4, 0.5) is 4.39 Å². The molecule has 16 heavy (non-hydrogen) atoms. The van der Waals surface area contributed by atoms with E-state index in [4.69, 9.17) is 12.2 Å². The monoisotopic (exact) mass is 302 g/mol. The molecule has 2 nitrogen and oxygen atoms in total. The summed E-state index contributed by atoms with van der Waals surface area (Å²) in [6.45, 7) is 2.95. The molecule has 0 amide bonds. The highest BCUT2D eigenvalue weighted by Gasteiger charge is 2.08. The summed E-state index contributed by atoms with van der Waals surface area (Å²) in [4.78, 5) is 3.09. The molecule has 0 spiro atoms. The van der Waals surface area contributed by atoms with Crippen LogP contribution in [-0.4, -0.2) is 9.55 Å². The van der Waals surface area contributed by atoms with E-state index in [9.17, 15) is 4.39 Å². The van der Waals surface area contributed by atoms with Gasteiger partial charge in [-0.25, -0.2) is 4.39 Å². The minimum atomic E-state index is -0.258. The molecule has 1 heterocycles. The molecule has 0 saturated heterocycles. The molecular weight excluding hydrogens is 291 g/mol. The number of aryl methyl sites for hydroxylation is 1. The molecule has 2 aromatic rings. The van der Waals surface area contributed by atoms with Gasteiger partial charge < -0.3 is 9.55 Å². The molecule has 0 aliphatic rings. The smallest absolute Gasteiger partial charge is 0.178 e. The van der Waals surface area contributed by atoms with Gasteiger partial charge in [-0.05, 0) is 40.6 Å². The van der Waals surface area contributed by atoms with Gasteiger partial charge in [0.15, 0.2) is 4.77 Å². The van der Waals surface area contributed by atoms with Gasteiger partial charge in [-0.2, -0.15) is 0 Å². The third-order valence-corrected chi connectivity index (χ3v) is 3.48. The van der Waals surface area contributed by atoms with Crippen molar-refractivity contribution in [3.8, 4) is 0 Å². The molecular formula is C11H12BrFN2S. The predicted molar refractivity (Wildman–Crippen MR) is 69.7 cm³/mol. The van der Waals surface area contributed by atoms with Gasteiger partial charge in [-0.1, -0.05) is 13.3 Å². The second-order valence-electron chi connectivity index (χ2n) is 3.72. The zero-order valence-electron chi connectivity index (χ0n) is 8.89. The summed E-state index contributed by atoms with van der Waals surface area (Å²) >= 11 is 8.39. The maximum absolute atomic E-state index is 13.5. The summed E-state index contributed by atoms with van der Waals surface area (Å²) in [5.74, 6) is -0.258. The van der Waals surface area contributed by atoms with Crippen LogP contribution >= 0.6 is 28.1 Å². The van der Waals surface area contributed by atoms with Crippen molar-refractivity contribution in [2.24, 2.45) is 0 Å². The summed E-state index contributed by atoms with van der Waals surface area (Å²) in [7, 11) is 0. The molecule has 0 saturated carbocycles. The molecule has 1 N–H and O–H groups in total. The first-order valence-corrected chi connectivity index (χ1v) is 6.41. The van der Waals surface area contributed by atoms with Crippen LogP contribution in [0.5, 0.6) is 0 Å². The molecule has 0 unspecified atom stereocenters. The fourth-order valence-electron chi connectivity index (χ4n) is 1.69. The van der Waals surface area contributed by atoms with Gasteiger partial charge in [0, 0.05) is 12.6 Å². The third kappa shape index (κ3) is 2.06. The first-order valence-electron chi connectivity index (χ1n) is 5.21. The van der Waals surface area contributed by atoms with E-state index in [-0.39, 0.29) is 5.82 Å². The molecule has 86 valence electrons. The fourth-order valence-corrected chi connectivity index (χ4v) is 2.33. The molecule has 0 atom stereocenters. The minimum absolute atomic E-state index is 0.258. The Hall–Kier alpha value is -0.680. The third-order valence-electron chi connectivity index (χ3n) is 2.55. The number of aromatic amines is 1. The highest BCUT2D eigenvalue weighted by Crippen LogP contribution is 2.23. The number of H-pyrrole nitrogens is 1. The molecule has 1 aromatic heterocycles. The number of hydrogen-bond donors (Lipinski definition) is 1. The highest BCUT2D eigenvalue weighted by molar-refractivity contribution is 9.10. The van der Waals surface area contributed by atoms with Crippen LogP contribution in [0.1, 0.15) is 19.8 Å². The topological polar surface area (TPSA) is 20.7 Å². The van der Waals surface area contributed by atoms with Gasteiger partial charge in [0.1, 0.15) is 5.82 Å². The van der Waals surface area contributed by atoms with E-state index < -0.39 is 0 Å². The minimum Gasteiger partial charge on any atom is -0.331 e. The van der Waals surface area contributed by atoms with Crippen LogP contribution in [0.2, 0.25) is 0 Å². The first-order chi connectivity index (χ1) is 7.63. The van der Waals surface area contributed by atoms with Crippen LogP contribution in [0, 0.1) is 10.6 Å². The second-order valence-corrected chi connectivity index (χ2v) is 4.96. The lowest BCUT2D eigenvalue weighted by Gasteiger charge is -2.03. The standard InChI is InChI=1S/C11H12BrFN2S/c1-2-3-4-15-10-6-8(13)7(12)5-9(10)14-11(15)16/h5-6H,2-4H2,1H3,(H,14,16). The van der Waals surface area contributed by atoms with Gasteiger partial charge >= 0.3 is 0 Å². The van der Waals surface area contributed by atoms with Crippen LogP contribution in [-0.2, 0) is 6.54 Å². The highest BCUT2D eigenvalue weighted by atomic mass is 79.9. The van der Waals surface area contributed by atoms with Crippen molar-refractivity contribution in [1.82, 2.24) is 9.55 Å². The Morgan fingerprint density at radius 3 is 2.94 bits per heavy atom. The number of fused-ring (bicyclic) bond motifs is 1. The average molecular weight is 303 g/mol. The van der Waals surface area contributed by atoms with Crippen molar-refractivity contribution in [3.05, 3.63) is 27.2 Å². The molecule has 0 radical (unpaired) electrons. The van der Waals surface area contributed by atoms with E-state index in [1.165, 1.54) is 6.07 Å². The second kappa shape index (κ2) is 4.67. The van der Waals surface area contributed by atoms with Crippen molar-refractivity contribution in [1.29, 1.82) is 0 Å². The van der Waals surface area contributed by atoms with Crippen molar-refractivity contribution >= 4 is 39.2 Å². The Labute approximate surface area is 107 Å². The Morgan fingerprint density at radius 1 is 1.50 bits per heavy atom. The van der Waals surface area contributed by atoms with Crippen LogP contribution in [0.15, 0.2) is 16.6 Å². The molecule has 0 fully saturated rings. The van der Waals surface area contributed by atoms with E-state index in [1.54, 1.807) is 6.07 Å². The fraction of sp³-hybridized carbons (Fsp3) is 0.364. The van der Waals surface area contributed by atoms with Crippen LogP contribution < -0.4 is 0 Å².